The van der Waals surface area contributed by atoms with Crippen molar-refractivity contribution in [1.82, 2.24) is 14.9 Å². The van der Waals surface area contributed by atoms with Crippen molar-refractivity contribution in [3.05, 3.63) is 96.2 Å². The SMILES string of the molecule is CN(C)CCCOc1ccc(-c2nc3c(NCCc4ccc(NC(=O)Nc5ccccc5)cc4)c(C#N)cnc3o2)cc1. The van der Waals surface area contributed by atoms with Crippen LogP contribution in [0.5, 0.6) is 5.75 Å². The lowest BCUT2D eigenvalue weighted by Crippen LogP contribution is -2.19. The van der Waals surface area contributed by atoms with Crippen LogP contribution in [0, 0.1) is 11.3 Å². The van der Waals surface area contributed by atoms with E-state index in [2.05, 4.69) is 36.9 Å². The third kappa shape index (κ3) is 7.87. The number of urea groups is 1. The highest BCUT2D eigenvalue weighted by atomic mass is 16.5. The van der Waals surface area contributed by atoms with Crippen molar-refractivity contribution < 1.29 is 13.9 Å². The molecule has 2 amide bonds. The highest BCUT2D eigenvalue weighted by Gasteiger charge is 2.16. The van der Waals surface area contributed by atoms with E-state index < -0.39 is 0 Å². The Morgan fingerprint density at radius 1 is 0.977 bits per heavy atom. The number of oxazole rings is 1. The Morgan fingerprint density at radius 3 is 2.40 bits per heavy atom. The number of nitrogens with zero attached hydrogens (tertiary/aromatic N) is 4. The standard InChI is InChI=1S/C33H33N7O3/c1-40(2)19-6-20-42-28-15-11-24(12-16-28)31-39-30-29(25(21-34)22-36-32(30)43-31)35-18-17-23-9-13-27(14-10-23)38-33(41)37-26-7-4-3-5-8-26/h3-5,7-16,22H,6,17-20H2,1-2H3,(H,35,36)(H2,37,38,41). The minimum Gasteiger partial charge on any atom is -0.494 e. The highest BCUT2D eigenvalue weighted by molar-refractivity contribution is 5.99. The second-order valence-electron chi connectivity index (χ2n) is 10.2. The quantitative estimate of drug-likeness (QED) is 0.146. The van der Waals surface area contributed by atoms with Gasteiger partial charge in [0.05, 0.1) is 24.1 Å². The van der Waals surface area contributed by atoms with E-state index in [1.807, 2.05) is 93.0 Å². The van der Waals surface area contributed by atoms with Crippen LogP contribution in [0.2, 0.25) is 0 Å². The van der Waals surface area contributed by atoms with Crippen LogP contribution in [0.25, 0.3) is 22.7 Å². The zero-order chi connectivity index (χ0) is 30.0. The van der Waals surface area contributed by atoms with Gasteiger partial charge in [-0.1, -0.05) is 30.3 Å². The molecule has 3 aromatic carbocycles. The topological polar surface area (TPSA) is 128 Å². The predicted octanol–water partition coefficient (Wildman–Crippen LogP) is 6.39. The van der Waals surface area contributed by atoms with Gasteiger partial charge in [-0.3, -0.25) is 0 Å². The molecular weight excluding hydrogens is 542 g/mol. The molecule has 0 unspecified atom stereocenters. The summed E-state index contributed by atoms with van der Waals surface area (Å²) in [5.74, 6) is 1.20. The van der Waals surface area contributed by atoms with Gasteiger partial charge >= 0.3 is 6.03 Å². The molecule has 0 radical (unpaired) electrons. The largest absolute Gasteiger partial charge is 0.494 e. The summed E-state index contributed by atoms with van der Waals surface area (Å²) in [5, 5.41) is 18.7. The Labute approximate surface area is 250 Å². The number of carbonyl (C=O) groups excluding carboxylic acids is 1. The van der Waals surface area contributed by atoms with Crippen molar-refractivity contribution in [2.24, 2.45) is 0 Å². The summed E-state index contributed by atoms with van der Waals surface area (Å²) in [5.41, 5.74) is 5.08. The first-order chi connectivity index (χ1) is 21.0. The van der Waals surface area contributed by atoms with Gasteiger partial charge in [0.15, 0.2) is 5.52 Å². The maximum absolute atomic E-state index is 12.3. The van der Waals surface area contributed by atoms with Crippen LogP contribution >= 0.6 is 0 Å². The smallest absolute Gasteiger partial charge is 0.323 e. The van der Waals surface area contributed by atoms with E-state index in [0.717, 1.165) is 35.5 Å². The minimum atomic E-state index is -0.307. The molecule has 0 bridgehead atoms. The molecule has 5 rings (SSSR count). The molecular formula is C33H33N7O3. The highest BCUT2D eigenvalue weighted by Crippen LogP contribution is 2.30. The fourth-order valence-electron chi connectivity index (χ4n) is 4.43. The molecule has 5 aromatic rings. The zero-order valence-electron chi connectivity index (χ0n) is 24.1. The average Bonchev–Trinajstić information content (AvgIpc) is 3.46. The summed E-state index contributed by atoms with van der Waals surface area (Å²) >= 11 is 0. The molecule has 3 N–H and O–H groups in total. The molecule has 0 spiro atoms. The van der Waals surface area contributed by atoms with Gasteiger partial charge in [0.1, 0.15) is 11.8 Å². The van der Waals surface area contributed by atoms with Gasteiger partial charge in [0.25, 0.3) is 0 Å². The van der Waals surface area contributed by atoms with Gasteiger partial charge in [-0.25, -0.2) is 14.8 Å². The van der Waals surface area contributed by atoms with Crippen molar-refractivity contribution in [1.29, 1.82) is 5.26 Å². The molecule has 10 heteroatoms. The number of anilines is 3. The summed E-state index contributed by atoms with van der Waals surface area (Å²) in [7, 11) is 4.08. The van der Waals surface area contributed by atoms with Crippen LogP contribution in [-0.4, -0.2) is 54.7 Å². The number of rotatable bonds is 12. The van der Waals surface area contributed by atoms with Gasteiger partial charge in [0.2, 0.25) is 11.6 Å². The van der Waals surface area contributed by atoms with Gasteiger partial charge in [-0.2, -0.15) is 5.26 Å². The van der Waals surface area contributed by atoms with E-state index in [9.17, 15) is 10.1 Å². The molecule has 218 valence electrons. The number of amides is 2. The number of fused-ring (bicyclic) bond motifs is 1. The second-order valence-corrected chi connectivity index (χ2v) is 10.2. The van der Waals surface area contributed by atoms with E-state index in [1.165, 1.54) is 6.20 Å². The van der Waals surface area contributed by atoms with E-state index in [4.69, 9.17) is 9.15 Å². The third-order valence-electron chi connectivity index (χ3n) is 6.63. The molecule has 0 aliphatic rings. The summed E-state index contributed by atoms with van der Waals surface area (Å²) < 4.78 is 11.8. The number of hydrogen-bond acceptors (Lipinski definition) is 8. The van der Waals surface area contributed by atoms with Crippen molar-refractivity contribution in [2.75, 3.05) is 49.7 Å². The van der Waals surface area contributed by atoms with Crippen molar-refractivity contribution >= 4 is 34.3 Å². The van der Waals surface area contributed by atoms with Crippen molar-refractivity contribution in [3.8, 4) is 23.3 Å². The maximum atomic E-state index is 12.3. The number of hydrogen-bond donors (Lipinski definition) is 3. The summed E-state index contributed by atoms with van der Waals surface area (Å²) in [6.07, 6.45) is 3.12. The van der Waals surface area contributed by atoms with E-state index >= 15 is 0 Å². The summed E-state index contributed by atoms with van der Waals surface area (Å²) in [6, 6.07) is 26.4. The molecule has 0 atom stereocenters. The molecule has 0 saturated heterocycles. The van der Waals surface area contributed by atoms with Gasteiger partial charge in [-0.05, 0) is 81.0 Å². The summed E-state index contributed by atoms with van der Waals surface area (Å²) in [6.45, 7) is 2.16. The molecule has 43 heavy (non-hydrogen) atoms. The van der Waals surface area contributed by atoms with E-state index in [1.54, 1.807) is 0 Å². The number of ether oxygens (including phenoxy) is 1. The molecule has 0 fully saturated rings. The average molecular weight is 576 g/mol. The number of carbonyl (C=O) groups is 1. The summed E-state index contributed by atoms with van der Waals surface area (Å²) in [4.78, 5) is 23.4. The number of pyridine rings is 1. The van der Waals surface area contributed by atoms with Crippen LogP contribution in [-0.2, 0) is 6.42 Å². The number of nitriles is 1. The van der Waals surface area contributed by atoms with E-state index in [0.29, 0.717) is 53.6 Å². The van der Waals surface area contributed by atoms with Crippen LogP contribution in [0.3, 0.4) is 0 Å². The normalized spacial score (nSPS) is 10.8. The van der Waals surface area contributed by atoms with Gasteiger partial charge in [-0.15, -0.1) is 0 Å². The number of para-hydroxylation sites is 1. The first kappa shape index (κ1) is 29.1. The number of aromatic nitrogens is 2. The molecule has 0 aliphatic heterocycles. The Bertz CT molecular complexity index is 1690. The lowest BCUT2D eigenvalue weighted by Gasteiger charge is -2.10. The van der Waals surface area contributed by atoms with Gasteiger partial charge < -0.3 is 30.0 Å². The maximum Gasteiger partial charge on any atom is 0.323 e. The first-order valence-electron chi connectivity index (χ1n) is 14.0. The molecule has 2 aromatic heterocycles. The Hall–Kier alpha value is -5.40. The van der Waals surface area contributed by atoms with Gasteiger partial charge in [0, 0.05) is 30.0 Å². The molecule has 2 heterocycles. The Balaban J connectivity index is 1.19. The first-order valence-corrected chi connectivity index (χ1v) is 14.0. The Kier molecular flexibility index (Phi) is 9.46. The van der Waals surface area contributed by atoms with Crippen LogP contribution < -0.4 is 20.7 Å². The van der Waals surface area contributed by atoms with Crippen LogP contribution in [0.1, 0.15) is 17.5 Å². The molecule has 0 saturated carbocycles. The lowest BCUT2D eigenvalue weighted by atomic mass is 10.1. The fourth-order valence-corrected chi connectivity index (χ4v) is 4.43. The fraction of sp³-hybridized carbons (Fsp3) is 0.212. The second kappa shape index (κ2) is 14.0. The minimum absolute atomic E-state index is 0.307. The van der Waals surface area contributed by atoms with Crippen LogP contribution in [0.15, 0.2) is 89.5 Å². The van der Waals surface area contributed by atoms with Crippen LogP contribution in [0.4, 0.5) is 21.9 Å². The molecule has 10 nitrogen and oxygen atoms in total. The predicted molar refractivity (Wildman–Crippen MR) is 168 cm³/mol. The van der Waals surface area contributed by atoms with Crippen molar-refractivity contribution in [2.45, 2.75) is 12.8 Å². The molecule has 0 aliphatic carbocycles. The lowest BCUT2D eigenvalue weighted by molar-refractivity contribution is 0.262. The monoisotopic (exact) mass is 575 g/mol. The van der Waals surface area contributed by atoms with E-state index in [-0.39, 0.29) is 6.03 Å². The number of benzene rings is 3. The number of nitrogens with one attached hydrogen (secondary N) is 3. The third-order valence-corrected chi connectivity index (χ3v) is 6.63. The van der Waals surface area contributed by atoms with Crippen molar-refractivity contribution in [3.63, 3.8) is 0 Å². The Morgan fingerprint density at radius 2 is 1.70 bits per heavy atom. The zero-order valence-corrected chi connectivity index (χ0v) is 24.1.